The van der Waals surface area contributed by atoms with E-state index in [1.54, 1.807) is 13.0 Å². The molecule has 21 heavy (non-hydrogen) atoms. The highest BCUT2D eigenvalue weighted by molar-refractivity contribution is 5.95. The Bertz CT molecular complexity index is 538. The van der Waals surface area contributed by atoms with E-state index in [0.29, 0.717) is 17.5 Å². The molecule has 1 aromatic rings. The third-order valence-corrected chi connectivity index (χ3v) is 3.19. The van der Waals surface area contributed by atoms with Crippen LogP contribution in [0.4, 0.5) is 5.69 Å². The molecule has 0 unspecified atom stereocenters. The molecule has 0 aromatic heterocycles. The normalized spacial score (nSPS) is 10.3. The van der Waals surface area contributed by atoms with Gasteiger partial charge >= 0.3 is 11.9 Å². The number of ether oxygens (including phenoxy) is 2. The highest BCUT2D eigenvalue weighted by Gasteiger charge is 2.30. The van der Waals surface area contributed by atoms with Crippen LogP contribution in [0.5, 0.6) is 0 Å². The van der Waals surface area contributed by atoms with Crippen LogP contribution in [0.15, 0.2) is 18.2 Å². The number of carbonyl (C=O) groups is 2. The van der Waals surface area contributed by atoms with E-state index in [-0.39, 0.29) is 12.1 Å². The summed E-state index contributed by atoms with van der Waals surface area (Å²) in [4.78, 5) is 33.9. The van der Waals surface area contributed by atoms with Gasteiger partial charge in [-0.05, 0) is 18.4 Å². The molecule has 0 heterocycles. The molecule has 1 rings (SSSR count). The van der Waals surface area contributed by atoms with Gasteiger partial charge in [0.05, 0.1) is 19.1 Å². The minimum Gasteiger partial charge on any atom is -0.468 e. The molecule has 0 radical (unpaired) electrons. The van der Waals surface area contributed by atoms with E-state index in [2.05, 4.69) is 9.47 Å². The minimum atomic E-state index is -1.13. The lowest BCUT2D eigenvalue weighted by atomic mass is 9.93. The van der Waals surface area contributed by atoms with E-state index in [9.17, 15) is 19.7 Å². The van der Waals surface area contributed by atoms with Crippen molar-refractivity contribution in [3.05, 3.63) is 39.4 Å². The summed E-state index contributed by atoms with van der Waals surface area (Å²) in [5.41, 5.74) is 1.04. The molecule has 0 aliphatic rings. The van der Waals surface area contributed by atoms with Gasteiger partial charge in [0, 0.05) is 11.6 Å². The van der Waals surface area contributed by atoms with E-state index in [0.717, 1.165) is 0 Å². The van der Waals surface area contributed by atoms with Crippen molar-refractivity contribution in [3.8, 4) is 0 Å². The van der Waals surface area contributed by atoms with Gasteiger partial charge in [0.15, 0.2) is 5.92 Å². The van der Waals surface area contributed by atoms with Crippen molar-refractivity contribution in [2.24, 2.45) is 5.92 Å². The maximum Gasteiger partial charge on any atom is 0.320 e. The second-order valence-corrected chi connectivity index (χ2v) is 4.33. The third-order valence-electron chi connectivity index (χ3n) is 3.19. The monoisotopic (exact) mass is 295 g/mol. The molecule has 0 saturated carbocycles. The maximum absolute atomic E-state index is 11.7. The van der Waals surface area contributed by atoms with E-state index in [4.69, 9.17) is 0 Å². The standard InChI is InChI=1S/C14H17NO6/c1-4-10-9(6-5-7-12(10)15(18)19)8-11(13(16)20-2)14(17)21-3/h5-7,11H,4,8H2,1-3H3. The molecule has 0 saturated heterocycles. The van der Waals surface area contributed by atoms with Gasteiger partial charge in [0.1, 0.15) is 0 Å². The Labute approximate surface area is 122 Å². The zero-order chi connectivity index (χ0) is 16.0. The van der Waals surface area contributed by atoms with Gasteiger partial charge in [-0.1, -0.05) is 19.1 Å². The SMILES string of the molecule is CCc1c(CC(C(=O)OC)C(=O)OC)cccc1[N+](=O)[O-]. The summed E-state index contributed by atoms with van der Waals surface area (Å²) in [5, 5.41) is 11.0. The van der Waals surface area contributed by atoms with E-state index in [1.165, 1.54) is 26.4 Å². The van der Waals surface area contributed by atoms with Crippen molar-refractivity contribution in [1.29, 1.82) is 0 Å². The van der Waals surface area contributed by atoms with Crippen LogP contribution in [0.2, 0.25) is 0 Å². The largest absolute Gasteiger partial charge is 0.468 e. The van der Waals surface area contributed by atoms with Crippen molar-refractivity contribution >= 4 is 17.6 Å². The quantitative estimate of drug-likeness (QED) is 0.343. The Morgan fingerprint density at radius 1 is 1.24 bits per heavy atom. The summed E-state index contributed by atoms with van der Waals surface area (Å²) < 4.78 is 9.17. The number of nitro benzene ring substituents is 1. The second kappa shape index (κ2) is 7.37. The molecule has 0 spiro atoms. The molecular formula is C14H17NO6. The third kappa shape index (κ3) is 3.77. The number of hydrogen-bond acceptors (Lipinski definition) is 6. The highest BCUT2D eigenvalue weighted by atomic mass is 16.6. The number of hydrogen-bond donors (Lipinski definition) is 0. The fraction of sp³-hybridized carbons (Fsp3) is 0.429. The minimum absolute atomic E-state index is 0.00417. The van der Waals surface area contributed by atoms with E-state index in [1.807, 2.05) is 0 Å². The van der Waals surface area contributed by atoms with Crippen LogP contribution >= 0.6 is 0 Å². The molecule has 0 aliphatic carbocycles. The smallest absolute Gasteiger partial charge is 0.320 e. The first-order valence-corrected chi connectivity index (χ1v) is 6.37. The van der Waals surface area contributed by atoms with Crippen LogP contribution in [0.1, 0.15) is 18.1 Å². The molecule has 1 aromatic carbocycles. The first kappa shape index (κ1) is 16.6. The highest BCUT2D eigenvalue weighted by Crippen LogP contribution is 2.25. The second-order valence-electron chi connectivity index (χ2n) is 4.33. The van der Waals surface area contributed by atoms with Crippen molar-refractivity contribution in [2.75, 3.05) is 14.2 Å². The average molecular weight is 295 g/mol. The number of esters is 2. The molecule has 0 atom stereocenters. The van der Waals surface area contributed by atoms with Crippen molar-refractivity contribution in [3.63, 3.8) is 0 Å². The van der Waals surface area contributed by atoms with Crippen LogP contribution in [0.25, 0.3) is 0 Å². The number of rotatable bonds is 6. The fourth-order valence-electron chi connectivity index (χ4n) is 2.16. The molecular weight excluding hydrogens is 278 g/mol. The van der Waals surface area contributed by atoms with Crippen LogP contribution in [-0.2, 0) is 31.9 Å². The zero-order valence-corrected chi connectivity index (χ0v) is 12.1. The first-order valence-electron chi connectivity index (χ1n) is 6.37. The van der Waals surface area contributed by atoms with Gasteiger partial charge in [-0.2, -0.15) is 0 Å². The molecule has 0 fully saturated rings. The molecule has 0 amide bonds. The van der Waals surface area contributed by atoms with Crippen molar-refractivity contribution in [1.82, 2.24) is 0 Å². The summed E-state index contributed by atoms with van der Waals surface area (Å²) in [6, 6.07) is 4.58. The lowest BCUT2D eigenvalue weighted by Gasteiger charge is -2.14. The van der Waals surface area contributed by atoms with Gasteiger partial charge < -0.3 is 9.47 Å². The van der Waals surface area contributed by atoms with Gasteiger partial charge in [-0.25, -0.2) is 0 Å². The Morgan fingerprint density at radius 2 is 1.81 bits per heavy atom. The lowest BCUT2D eigenvalue weighted by Crippen LogP contribution is -2.28. The predicted octanol–water partition coefficient (Wildman–Crippen LogP) is 1.66. The van der Waals surface area contributed by atoms with Gasteiger partial charge in [-0.3, -0.25) is 19.7 Å². The van der Waals surface area contributed by atoms with E-state index >= 15 is 0 Å². The van der Waals surface area contributed by atoms with E-state index < -0.39 is 22.8 Å². The number of carbonyl (C=O) groups excluding carboxylic acids is 2. The number of methoxy groups -OCH3 is 2. The molecule has 0 N–H and O–H groups in total. The molecule has 0 bridgehead atoms. The fourth-order valence-corrected chi connectivity index (χ4v) is 2.16. The number of nitro groups is 1. The molecule has 0 aliphatic heterocycles. The van der Waals surface area contributed by atoms with Crippen LogP contribution in [-0.4, -0.2) is 31.1 Å². The van der Waals surface area contributed by atoms with Gasteiger partial charge in [-0.15, -0.1) is 0 Å². The zero-order valence-electron chi connectivity index (χ0n) is 12.1. The summed E-state index contributed by atoms with van der Waals surface area (Å²) in [6.07, 6.45) is 0.422. The Hall–Kier alpha value is -2.44. The van der Waals surface area contributed by atoms with Gasteiger partial charge in [0.25, 0.3) is 5.69 Å². The van der Waals surface area contributed by atoms with Gasteiger partial charge in [0.2, 0.25) is 0 Å². The van der Waals surface area contributed by atoms with Crippen LogP contribution in [0.3, 0.4) is 0 Å². The van der Waals surface area contributed by atoms with Crippen LogP contribution in [0, 0.1) is 16.0 Å². The topological polar surface area (TPSA) is 95.7 Å². The van der Waals surface area contributed by atoms with Crippen molar-refractivity contribution in [2.45, 2.75) is 19.8 Å². The molecule has 114 valence electrons. The number of nitrogens with zero attached hydrogens (tertiary/aromatic N) is 1. The Morgan fingerprint density at radius 3 is 2.24 bits per heavy atom. The summed E-state index contributed by atoms with van der Waals surface area (Å²) >= 11 is 0. The summed E-state index contributed by atoms with van der Waals surface area (Å²) in [6.45, 7) is 1.77. The number of benzene rings is 1. The lowest BCUT2D eigenvalue weighted by molar-refractivity contribution is -0.385. The first-order chi connectivity index (χ1) is 9.96. The van der Waals surface area contributed by atoms with Crippen molar-refractivity contribution < 1.29 is 24.0 Å². The van der Waals surface area contributed by atoms with Crippen LogP contribution < -0.4 is 0 Å². The molecule has 7 nitrogen and oxygen atoms in total. The average Bonchev–Trinajstić information content (AvgIpc) is 2.50. The summed E-state index contributed by atoms with van der Waals surface area (Å²) in [7, 11) is 2.35. The maximum atomic E-state index is 11.7. The molecule has 7 heteroatoms. The Kier molecular flexibility index (Phi) is 5.83. The summed E-state index contributed by atoms with van der Waals surface area (Å²) in [5.74, 6) is -2.59. The predicted molar refractivity (Wildman–Crippen MR) is 73.7 cm³/mol. The Balaban J connectivity index is 3.20.